The van der Waals surface area contributed by atoms with Crippen molar-refractivity contribution in [3.05, 3.63) is 56.1 Å². The highest BCUT2D eigenvalue weighted by atomic mass is 127. The van der Waals surface area contributed by atoms with Gasteiger partial charge in [-0.05, 0) is 80.5 Å². The molecule has 0 aromatic heterocycles. The van der Waals surface area contributed by atoms with Gasteiger partial charge in [0.15, 0.2) is 6.61 Å². The number of nitrogens with zero attached hydrogens (tertiary/aromatic N) is 2. The highest BCUT2D eigenvalue weighted by molar-refractivity contribution is 14.1. The van der Waals surface area contributed by atoms with Crippen molar-refractivity contribution in [1.29, 1.82) is 0 Å². The highest BCUT2D eigenvalue weighted by Crippen LogP contribution is 2.26. The molecule has 1 heterocycles. The molecular formula is C19H18BrIN2O3. The second-order valence-corrected chi connectivity index (χ2v) is 7.81. The molecule has 1 aliphatic rings. The predicted octanol–water partition coefficient (Wildman–Crippen LogP) is 4.04. The summed E-state index contributed by atoms with van der Waals surface area (Å²) in [6.07, 6.45) is 1.80. The quantitative estimate of drug-likeness (QED) is 0.435. The Kier molecular flexibility index (Phi) is 7.04. The van der Waals surface area contributed by atoms with Crippen LogP contribution in [0.5, 0.6) is 5.75 Å². The molecule has 2 aromatic rings. The number of hydrogen-bond donors (Lipinski definition) is 0. The minimum absolute atomic E-state index is 0.0223. The third-order valence-corrected chi connectivity index (χ3v) is 5.13. The van der Waals surface area contributed by atoms with Crippen LogP contribution in [-0.2, 0) is 9.53 Å². The third kappa shape index (κ3) is 5.52. The molecule has 0 unspecified atom stereocenters. The molecule has 1 aliphatic heterocycles. The number of aliphatic imine (C=N–C) groups is 1. The van der Waals surface area contributed by atoms with E-state index in [0.717, 1.165) is 19.3 Å². The molecule has 26 heavy (non-hydrogen) atoms. The third-order valence-electron chi connectivity index (χ3n) is 3.84. The topological polar surface area (TPSA) is 51.1 Å². The van der Waals surface area contributed by atoms with Crippen LogP contribution < -0.4 is 4.74 Å². The van der Waals surface area contributed by atoms with Gasteiger partial charge in [-0.25, -0.2) is 0 Å². The summed E-state index contributed by atoms with van der Waals surface area (Å²) >= 11 is 5.76. The van der Waals surface area contributed by atoms with E-state index >= 15 is 0 Å². The zero-order valence-corrected chi connectivity index (χ0v) is 17.8. The zero-order chi connectivity index (χ0) is 18.4. The number of halogens is 2. The molecule has 0 radical (unpaired) electrons. The molecule has 0 bridgehead atoms. The van der Waals surface area contributed by atoms with Crippen LogP contribution in [0.2, 0.25) is 0 Å². The number of morpholine rings is 1. The van der Waals surface area contributed by atoms with Crippen molar-refractivity contribution >= 4 is 56.3 Å². The Morgan fingerprint density at radius 3 is 2.81 bits per heavy atom. The Balaban J connectivity index is 1.59. The molecule has 2 aromatic carbocycles. The lowest BCUT2D eigenvalue weighted by Gasteiger charge is -2.26. The van der Waals surface area contributed by atoms with Crippen LogP contribution in [0, 0.1) is 3.57 Å². The molecule has 136 valence electrons. The molecular weight excluding hydrogens is 511 g/mol. The number of rotatable bonds is 5. The van der Waals surface area contributed by atoms with E-state index in [9.17, 15) is 4.79 Å². The zero-order valence-electron chi connectivity index (χ0n) is 14.0. The molecule has 0 aliphatic carbocycles. The monoisotopic (exact) mass is 528 g/mol. The van der Waals surface area contributed by atoms with Crippen molar-refractivity contribution in [3.8, 4) is 5.75 Å². The van der Waals surface area contributed by atoms with Crippen molar-refractivity contribution in [2.24, 2.45) is 4.99 Å². The van der Waals surface area contributed by atoms with Gasteiger partial charge in [0.25, 0.3) is 5.91 Å². The fraction of sp³-hybridized carbons (Fsp3) is 0.263. The molecule has 0 N–H and O–H groups in total. The summed E-state index contributed by atoms with van der Waals surface area (Å²) in [6.45, 7) is 2.44. The van der Waals surface area contributed by atoms with Crippen LogP contribution in [0.3, 0.4) is 0 Å². The maximum atomic E-state index is 12.1. The molecule has 1 saturated heterocycles. The summed E-state index contributed by atoms with van der Waals surface area (Å²) in [5.41, 5.74) is 1.85. The van der Waals surface area contributed by atoms with Gasteiger partial charge in [-0.15, -0.1) is 0 Å². The lowest BCUT2D eigenvalue weighted by molar-refractivity contribution is -0.137. The lowest BCUT2D eigenvalue weighted by atomic mass is 10.2. The first-order valence-electron chi connectivity index (χ1n) is 8.19. The normalized spacial score (nSPS) is 14.6. The maximum absolute atomic E-state index is 12.1. The first kappa shape index (κ1) is 19.3. The van der Waals surface area contributed by atoms with E-state index in [4.69, 9.17) is 9.47 Å². The van der Waals surface area contributed by atoms with Crippen LogP contribution in [0.4, 0.5) is 5.69 Å². The van der Waals surface area contributed by atoms with Crippen molar-refractivity contribution < 1.29 is 14.3 Å². The van der Waals surface area contributed by atoms with Gasteiger partial charge in [-0.2, -0.15) is 0 Å². The number of carbonyl (C=O) groups excluding carboxylic acids is 1. The second-order valence-electron chi connectivity index (χ2n) is 5.71. The number of amides is 1. The summed E-state index contributed by atoms with van der Waals surface area (Å²) in [4.78, 5) is 18.4. The van der Waals surface area contributed by atoms with Crippen molar-refractivity contribution in [2.45, 2.75) is 0 Å². The van der Waals surface area contributed by atoms with Crippen LogP contribution in [0.15, 0.2) is 51.9 Å². The van der Waals surface area contributed by atoms with E-state index in [1.807, 2.05) is 42.5 Å². The van der Waals surface area contributed by atoms with E-state index in [2.05, 4.69) is 43.5 Å². The molecule has 1 fully saturated rings. The van der Waals surface area contributed by atoms with Crippen molar-refractivity contribution in [2.75, 3.05) is 32.9 Å². The van der Waals surface area contributed by atoms with Crippen LogP contribution in [0.25, 0.3) is 0 Å². The Bertz CT molecular complexity index is 807. The van der Waals surface area contributed by atoms with E-state index in [-0.39, 0.29) is 12.5 Å². The lowest BCUT2D eigenvalue weighted by Crippen LogP contribution is -2.43. The van der Waals surface area contributed by atoms with Gasteiger partial charge in [0.1, 0.15) is 5.75 Å². The fourth-order valence-corrected chi connectivity index (χ4v) is 3.50. The fourth-order valence-electron chi connectivity index (χ4n) is 2.46. The van der Waals surface area contributed by atoms with Gasteiger partial charge in [-0.3, -0.25) is 9.79 Å². The van der Waals surface area contributed by atoms with E-state index in [0.29, 0.717) is 32.1 Å². The molecule has 3 rings (SSSR count). The molecule has 7 heteroatoms. The van der Waals surface area contributed by atoms with Gasteiger partial charge in [0.05, 0.1) is 23.4 Å². The summed E-state index contributed by atoms with van der Waals surface area (Å²) in [7, 11) is 0. The number of hydrogen-bond acceptors (Lipinski definition) is 4. The van der Waals surface area contributed by atoms with E-state index in [1.54, 1.807) is 11.1 Å². The Hall–Kier alpha value is -1.45. The minimum Gasteiger partial charge on any atom is -0.483 e. The van der Waals surface area contributed by atoms with Crippen LogP contribution in [0.1, 0.15) is 5.56 Å². The standard InChI is InChI=1S/C19H18BrIN2O3/c20-17-10-14(12-22-16-3-1-2-15(21)11-16)4-5-18(17)26-13-19(24)23-6-8-25-9-7-23/h1-5,10-12H,6-9,13H2. The molecule has 1 amide bonds. The van der Waals surface area contributed by atoms with E-state index < -0.39 is 0 Å². The van der Waals surface area contributed by atoms with Crippen LogP contribution in [-0.4, -0.2) is 49.9 Å². The van der Waals surface area contributed by atoms with Gasteiger partial charge in [0, 0.05) is 22.9 Å². The number of carbonyl (C=O) groups is 1. The summed E-state index contributed by atoms with van der Waals surface area (Å²) in [5.74, 6) is 0.613. The Morgan fingerprint density at radius 1 is 1.27 bits per heavy atom. The predicted molar refractivity (Wildman–Crippen MR) is 113 cm³/mol. The van der Waals surface area contributed by atoms with Gasteiger partial charge >= 0.3 is 0 Å². The molecule has 0 saturated carbocycles. The Morgan fingerprint density at radius 2 is 2.08 bits per heavy atom. The Labute approximate surface area is 174 Å². The summed E-state index contributed by atoms with van der Waals surface area (Å²) in [5, 5.41) is 0. The summed E-state index contributed by atoms with van der Waals surface area (Å²) < 4.78 is 12.8. The second kappa shape index (κ2) is 9.48. The minimum atomic E-state index is -0.0236. The van der Waals surface area contributed by atoms with Gasteiger partial charge < -0.3 is 14.4 Å². The summed E-state index contributed by atoms with van der Waals surface area (Å²) in [6, 6.07) is 13.7. The SMILES string of the molecule is O=C(COc1ccc(C=Nc2cccc(I)c2)cc1Br)N1CCOCC1. The largest absolute Gasteiger partial charge is 0.483 e. The first-order valence-corrected chi connectivity index (χ1v) is 10.1. The van der Waals surface area contributed by atoms with Crippen molar-refractivity contribution in [3.63, 3.8) is 0 Å². The molecule has 0 spiro atoms. The average Bonchev–Trinajstić information content (AvgIpc) is 2.66. The van der Waals surface area contributed by atoms with Crippen LogP contribution >= 0.6 is 38.5 Å². The highest BCUT2D eigenvalue weighted by Gasteiger charge is 2.17. The van der Waals surface area contributed by atoms with Gasteiger partial charge in [-0.1, -0.05) is 6.07 Å². The van der Waals surface area contributed by atoms with Crippen molar-refractivity contribution in [1.82, 2.24) is 4.90 Å². The number of ether oxygens (including phenoxy) is 2. The smallest absolute Gasteiger partial charge is 0.260 e. The molecule has 0 atom stereocenters. The van der Waals surface area contributed by atoms with Gasteiger partial charge in [0.2, 0.25) is 0 Å². The van der Waals surface area contributed by atoms with E-state index in [1.165, 1.54) is 0 Å². The average molecular weight is 529 g/mol. The maximum Gasteiger partial charge on any atom is 0.260 e. The first-order chi connectivity index (χ1) is 12.6. The number of benzene rings is 2. The molecule has 5 nitrogen and oxygen atoms in total.